The molecule has 8 heteroatoms. The van der Waals surface area contributed by atoms with Crippen molar-refractivity contribution in [1.29, 1.82) is 0 Å². The number of hydrogen-bond donors (Lipinski definition) is 0. The predicted molar refractivity (Wildman–Crippen MR) is 219 cm³/mol. The molecule has 0 aliphatic heterocycles. The fraction of sp³-hybridized carbons (Fsp3) is 0.609. The second-order valence-corrected chi connectivity index (χ2v) is 18.6. The van der Waals surface area contributed by atoms with E-state index in [1.54, 1.807) is 13.8 Å². The van der Waals surface area contributed by atoms with Crippen molar-refractivity contribution in [3.05, 3.63) is 83.0 Å². The van der Waals surface area contributed by atoms with E-state index in [1.165, 1.54) is 22.3 Å². The molecule has 2 atom stereocenters. The Hall–Kier alpha value is -3.62. The fourth-order valence-corrected chi connectivity index (χ4v) is 5.05. The first-order valence-electron chi connectivity index (χ1n) is 19.2. The lowest BCUT2D eigenvalue weighted by Gasteiger charge is -2.26. The fourth-order valence-electron chi connectivity index (χ4n) is 5.05. The van der Waals surface area contributed by atoms with Gasteiger partial charge in [0.25, 0.3) is 0 Å². The summed E-state index contributed by atoms with van der Waals surface area (Å²) in [6.45, 7) is 38.3. The average Bonchev–Trinajstić information content (AvgIpc) is 3.04. The maximum atomic E-state index is 12.4. The molecule has 0 heterocycles. The van der Waals surface area contributed by atoms with Crippen molar-refractivity contribution in [3.63, 3.8) is 0 Å². The van der Waals surface area contributed by atoms with Crippen molar-refractivity contribution in [2.75, 3.05) is 39.6 Å². The highest BCUT2D eigenvalue weighted by molar-refractivity contribution is 5.87. The molecule has 0 spiro atoms. The first-order chi connectivity index (χ1) is 24.8. The van der Waals surface area contributed by atoms with Crippen molar-refractivity contribution in [2.45, 2.75) is 144 Å². The van der Waals surface area contributed by atoms with Crippen LogP contribution in [-0.4, -0.2) is 63.8 Å². The second-order valence-electron chi connectivity index (χ2n) is 18.6. The van der Waals surface area contributed by atoms with Crippen LogP contribution in [0.2, 0.25) is 0 Å². The monoisotopic (exact) mass is 751 g/mol. The summed E-state index contributed by atoms with van der Waals surface area (Å²) in [5, 5.41) is 0. The molecule has 2 aromatic rings. The van der Waals surface area contributed by atoms with E-state index in [0.717, 1.165) is 11.5 Å². The largest absolute Gasteiger partial charge is 0.490 e. The summed E-state index contributed by atoms with van der Waals surface area (Å²) in [6, 6.07) is 12.7. The number of rotatable bonds is 19. The quantitative estimate of drug-likeness (QED) is 0.0797. The highest BCUT2D eigenvalue weighted by atomic mass is 16.6. The van der Waals surface area contributed by atoms with Gasteiger partial charge < -0.3 is 28.4 Å². The van der Waals surface area contributed by atoms with E-state index in [-0.39, 0.29) is 48.1 Å². The van der Waals surface area contributed by atoms with Gasteiger partial charge in [0, 0.05) is 24.4 Å². The van der Waals surface area contributed by atoms with Crippen LogP contribution < -0.4 is 9.47 Å². The Balaban J connectivity index is 1.96. The molecule has 0 aromatic heterocycles. The van der Waals surface area contributed by atoms with Crippen LogP contribution in [0.4, 0.5) is 0 Å². The summed E-state index contributed by atoms with van der Waals surface area (Å²) in [4.78, 5) is 24.9. The van der Waals surface area contributed by atoms with Gasteiger partial charge in [0.05, 0.1) is 13.2 Å². The molecule has 2 aromatic carbocycles. The topological polar surface area (TPSA) is 89.5 Å². The lowest BCUT2D eigenvalue weighted by atomic mass is 9.80. The van der Waals surface area contributed by atoms with Crippen molar-refractivity contribution in [2.24, 2.45) is 0 Å². The number of carbonyl (C=O) groups is 2. The number of ether oxygens (including phenoxy) is 6. The van der Waals surface area contributed by atoms with Gasteiger partial charge >= 0.3 is 11.9 Å². The van der Waals surface area contributed by atoms with E-state index < -0.39 is 24.1 Å². The number of unbranched alkanes of at least 4 members (excludes halogenated alkanes) is 1. The maximum Gasteiger partial charge on any atom is 0.333 e. The van der Waals surface area contributed by atoms with Gasteiger partial charge in [0.1, 0.15) is 24.7 Å². The molecule has 0 amide bonds. The smallest absolute Gasteiger partial charge is 0.333 e. The number of carbonyl (C=O) groups excluding carboxylic acids is 2. The van der Waals surface area contributed by atoms with Crippen molar-refractivity contribution < 1.29 is 38.0 Å². The van der Waals surface area contributed by atoms with Crippen molar-refractivity contribution in [1.82, 2.24) is 0 Å². The molecule has 0 bridgehead atoms. The Morgan fingerprint density at radius 2 is 0.778 bits per heavy atom. The number of benzene rings is 2. The normalized spacial score (nSPS) is 13.5. The summed E-state index contributed by atoms with van der Waals surface area (Å²) < 4.78 is 35.7. The minimum absolute atomic E-state index is 0.0586. The second kappa shape index (κ2) is 19.8. The van der Waals surface area contributed by atoms with Crippen LogP contribution in [-0.2, 0) is 50.2 Å². The van der Waals surface area contributed by atoms with Crippen molar-refractivity contribution in [3.8, 4) is 11.5 Å². The first-order valence-corrected chi connectivity index (χ1v) is 19.2. The molecule has 54 heavy (non-hydrogen) atoms. The molecule has 0 saturated heterocycles. The third kappa shape index (κ3) is 16.4. The van der Waals surface area contributed by atoms with Gasteiger partial charge in [0.15, 0.2) is 12.2 Å². The number of esters is 2. The SMILES string of the molecule is C=C(C)C(=O)OC(COCCCCOCC(COc1cc(C(C)(C)C)cc(C(C)(C)C)c1)OC(=O)C(=C)C)COc1cc(C(C)(C)C)cc(C(C)(C)C)c1. The Labute approximate surface area is 327 Å². The minimum atomic E-state index is -0.617. The van der Waals surface area contributed by atoms with Crippen LogP contribution in [0.15, 0.2) is 60.7 Å². The van der Waals surface area contributed by atoms with Crippen LogP contribution in [0.5, 0.6) is 11.5 Å². The molecule has 2 unspecified atom stereocenters. The molecule has 0 aliphatic rings. The standard InChI is InChI=1S/C46H70O8/c1-31(2)41(47)53-39(29-51-37-23-33(43(5,6)7)21-34(24-37)44(8,9)10)27-49-19-17-18-20-50-28-40(54-42(48)32(3)4)30-52-38-25-35(45(11,12)13)22-36(26-38)46(14,15)16/h21-26,39-40H,1,3,17-20,27-30H2,2,4-16H3. The molecule has 0 N–H and O–H groups in total. The summed E-state index contributed by atoms with van der Waals surface area (Å²) >= 11 is 0. The zero-order valence-corrected chi connectivity index (χ0v) is 36.0. The molecule has 0 aliphatic carbocycles. The van der Waals surface area contributed by atoms with Crippen molar-refractivity contribution >= 4 is 11.9 Å². The highest BCUT2D eigenvalue weighted by Gasteiger charge is 2.24. The zero-order chi connectivity index (χ0) is 41.1. The Kier molecular flexibility index (Phi) is 17.1. The van der Waals surface area contributed by atoms with Gasteiger partial charge in [-0.15, -0.1) is 0 Å². The van der Waals surface area contributed by atoms with Crippen LogP contribution >= 0.6 is 0 Å². The highest BCUT2D eigenvalue weighted by Crippen LogP contribution is 2.34. The first kappa shape index (κ1) is 46.5. The molecule has 2 rings (SSSR count). The van der Waals surface area contributed by atoms with E-state index in [0.29, 0.717) is 37.2 Å². The summed E-state index contributed by atoms with van der Waals surface area (Å²) in [5.41, 5.74) is 5.08. The summed E-state index contributed by atoms with van der Waals surface area (Å²) in [5.74, 6) is 0.488. The molecule has 8 nitrogen and oxygen atoms in total. The van der Waals surface area contributed by atoms with Gasteiger partial charge in [-0.2, -0.15) is 0 Å². The molecular weight excluding hydrogens is 680 g/mol. The van der Waals surface area contributed by atoms with Crippen LogP contribution in [0.3, 0.4) is 0 Å². The zero-order valence-electron chi connectivity index (χ0n) is 36.0. The van der Waals surface area contributed by atoms with E-state index in [1.807, 2.05) is 0 Å². The van der Waals surface area contributed by atoms with Gasteiger partial charge in [-0.25, -0.2) is 9.59 Å². The number of hydrogen-bond acceptors (Lipinski definition) is 8. The third-order valence-corrected chi connectivity index (χ3v) is 8.83. The van der Waals surface area contributed by atoms with Crippen LogP contribution in [0, 0.1) is 0 Å². The Morgan fingerprint density at radius 3 is 1.02 bits per heavy atom. The lowest BCUT2D eigenvalue weighted by molar-refractivity contribution is -0.150. The predicted octanol–water partition coefficient (Wildman–Crippen LogP) is 10.1. The average molecular weight is 751 g/mol. The van der Waals surface area contributed by atoms with Gasteiger partial charge in [0.2, 0.25) is 0 Å². The van der Waals surface area contributed by atoms with Crippen LogP contribution in [0.25, 0.3) is 0 Å². The van der Waals surface area contributed by atoms with E-state index >= 15 is 0 Å². The molecule has 0 fully saturated rings. The molecule has 0 radical (unpaired) electrons. The molecule has 0 saturated carbocycles. The third-order valence-electron chi connectivity index (χ3n) is 8.83. The summed E-state index contributed by atoms with van der Waals surface area (Å²) in [7, 11) is 0. The molecular formula is C46H70O8. The minimum Gasteiger partial charge on any atom is -0.490 e. The maximum absolute atomic E-state index is 12.4. The Morgan fingerprint density at radius 1 is 0.500 bits per heavy atom. The van der Waals surface area contributed by atoms with E-state index in [9.17, 15) is 9.59 Å². The Bertz CT molecular complexity index is 1380. The molecule has 302 valence electrons. The van der Waals surface area contributed by atoms with Crippen LogP contribution in [0.1, 0.15) is 132 Å². The van der Waals surface area contributed by atoms with E-state index in [4.69, 9.17) is 28.4 Å². The van der Waals surface area contributed by atoms with E-state index in [2.05, 4.69) is 133 Å². The van der Waals surface area contributed by atoms with Gasteiger partial charge in [-0.3, -0.25) is 0 Å². The van der Waals surface area contributed by atoms with Gasteiger partial charge in [-0.1, -0.05) is 108 Å². The lowest BCUT2D eigenvalue weighted by Crippen LogP contribution is -2.31. The van der Waals surface area contributed by atoms with Gasteiger partial charge in [-0.05, 0) is 94.9 Å². The summed E-state index contributed by atoms with van der Waals surface area (Å²) in [6.07, 6.45) is 0.196.